The molecule has 0 fully saturated rings. The van der Waals surface area contributed by atoms with Gasteiger partial charge in [0.05, 0.1) is 6.61 Å². The first-order valence-electron chi connectivity index (χ1n) is 5.53. The number of hydrogen-bond acceptors (Lipinski definition) is 3. The molecule has 0 amide bonds. The molecule has 2 N–H and O–H groups in total. The molecule has 0 saturated carbocycles. The molecule has 1 rings (SSSR count). The fraction of sp³-hybridized carbons (Fsp3) is 0.308. The van der Waals surface area contributed by atoms with E-state index in [1.807, 2.05) is 26.0 Å². The Balaban J connectivity index is 0.00000121. The second-order valence-corrected chi connectivity index (χ2v) is 3.77. The van der Waals surface area contributed by atoms with Crippen LogP contribution in [0.15, 0.2) is 28.7 Å². The lowest BCUT2D eigenvalue weighted by Crippen LogP contribution is -1.99. The molecule has 0 spiro atoms. The van der Waals surface area contributed by atoms with Crippen LogP contribution in [0.3, 0.4) is 0 Å². The number of nitrogen functional groups attached to an aromatic ring is 1. The molecule has 3 nitrogen and oxygen atoms in total. The summed E-state index contributed by atoms with van der Waals surface area (Å²) in [4.78, 5) is 11.1. The molecule has 0 radical (unpaired) electrons. The number of hydrogen-bond donors (Lipinski definition) is 1. The quantitative estimate of drug-likeness (QED) is 0.527. The van der Waals surface area contributed by atoms with Crippen molar-refractivity contribution in [3.05, 3.63) is 34.3 Å². The van der Waals surface area contributed by atoms with E-state index in [-0.39, 0.29) is 5.97 Å². The van der Waals surface area contributed by atoms with Crippen LogP contribution < -0.4 is 5.73 Å². The molecular weight excluding hydrogens is 282 g/mol. The van der Waals surface area contributed by atoms with Crippen molar-refractivity contribution in [2.75, 3.05) is 12.3 Å². The first-order valence-corrected chi connectivity index (χ1v) is 6.32. The molecule has 0 heterocycles. The molecule has 0 aliphatic carbocycles. The minimum atomic E-state index is -0.364. The lowest BCUT2D eigenvalue weighted by Gasteiger charge is -2.00. The van der Waals surface area contributed by atoms with Crippen LogP contribution >= 0.6 is 15.9 Å². The number of esters is 1. The van der Waals surface area contributed by atoms with Gasteiger partial charge >= 0.3 is 5.97 Å². The zero-order valence-corrected chi connectivity index (χ0v) is 12.0. The number of carbonyl (C=O) groups is 1. The van der Waals surface area contributed by atoms with Crippen LogP contribution in [-0.2, 0) is 9.53 Å². The van der Waals surface area contributed by atoms with Gasteiger partial charge in [-0.15, -0.1) is 0 Å². The minimum Gasteiger partial charge on any atom is -0.463 e. The van der Waals surface area contributed by atoms with E-state index in [0.29, 0.717) is 12.3 Å². The number of halogens is 1. The van der Waals surface area contributed by atoms with E-state index < -0.39 is 0 Å². The van der Waals surface area contributed by atoms with Gasteiger partial charge in [-0.2, -0.15) is 0 Å². The fourth-order valence-corrected chi connectivity index (χ4v) is 1.42. The van der Waals surface area contributed by atoms with Gasteiger partial charge in [-0.25, -0.2) is 4.79 Å². The number of nitrogens with two attached hydrogens (primary N) is 1. The number of rotatable bonds is 3. The number of benzene rings is 1. The molecule has 1 aromatic carbocycles. The zero-order chi connectivity index (χ0) is 13.3. The van der Waals surface area contributed by atoms with Crippen molar-refractivity contribution in [2.24, 2.45) is 0 Å². The molecule has 0 aliphatic rings. The van der Waals surface area contributed by atoms with E-state index in [0.717, 1.165) is 10.0 Å². The summed E-state index contributed by atoms with van der Waals surface area (Å²) in [5, 5.41) is 0. The lowest BCUT2D eigenvalue weighted by atomic mass is 10.2. The number of carbonyl (C=O) groups excluding carboxylic acids is 1. The highest BCUT2D eigenvalue weighted by atomic mass is 79.9. The van der Waals surface area contributed by atoms with Crippen LogP contribution in [0.4, 0.5) is 5.69 Å². The van der Waals surface area contributed by atoms with Crippen LogP contribution in [-0.4, -0.2) is 12.6 Å². The summed E-state index contributed by atoms with van der Waals surface area (Å²) >= 11 is 3.33. The van der Waals surface area contributed by atoms with Crippen molar-refractivity contribution in [1.82, 2.24) is 0 Å². The standard InChI is InChI=1S/C11H12BrNO2.C2H6/c1-2-15-11(14)6-3-8-7-9(12)4-5-10(8)13;1-2/h3-7H,2,13H2,1H3;1-2H3/b6-3+;. The van der Waals surface area contributed by atoms with E-state index in [1.165, 1.54) is 6.08 Å². The average molecular weight is 300 g/mol. The average Bonchev–Trinajstić information content (AvgIpc) is 2.33. The molecule has 4 heteroatoms. The Kier molecular flexibility index (Phi) is 8.15. The van der Waals surface area contributed by atoms with Gasteiger partial charge in [0.2, 0.25) is 0 Å². The van der Waals surface area contributed by atoms with Gasteiger partial charge in [0, 0.05) is 16.2 Å². The third kappa shape index (κ3) is 6.12. The third-order valence-electron chi connectivity index (χ3n) is 1.73. The van der Waals surface area contributed by atoms with E-state index >= 15 is 0 Å². The van der Waals surface area contributed by atoms with Crippen molar-refractivity contribution in [3.63, 3.8) is 0 Å². The zero-order valence-electron chi connectivity index (χ0n) is 10.4. The van der Waals surface area contributed by atoms with Gasteiger partial charge in [0.15, 0.2) is 0 Å². The van der Waals surface area contributed by atoms with Crippen LogP contribution in [0.5, 0.6) is 0 Å². The second kappa shape index (κ2) is 8.82. The van der Waals surface area contributed by atoms with Gasteiger partial charge in [0.1, 0.15) is 0 Å². The summed E-state index contributed by atoms with van der Waals surface area (Å²) in [7, 11) is 0. The molecule has 94 valence electrons. The van der Waals surface area contributed by atoms with E-state index in [2.05, 4.69) is 15.9 Å². The Labute approximate surface area is 111 Å². The summed E-state index contributed by atoms with van der Waals surface area (Å²) in [6.07, 6.45) is 3.00. The Morgan fingerprint density at radius 3 is 2.71 bits per heavy atom. The largest absolute Gasteiger partial charge is 0.463 e. The van der Waals surface area contributed by atoms with Crippen LogP contribution in [0.1, 0.15) is 26.3 Å². The van der Waals surface area contributed by atoms with Crippen molar-refractivity contribution < 1.29 is 9.53 Å². The normalized spacial score (nSPS) is 9.65. The second-order valence-electron chi connectivity index (χ2n) is 2.86. The lowest BCUT2D eigenvalue weighted by molar-refractivity contribution is -0.137. The molecule has 0 aromatic heterocycles. The Bertz CT molecular complexity index is 389. The summed E-state index contributed by atoms with van der Waals surface area (Å²) in [6, 6.07) is 5.46. The molecule has 17 heavy (non-hydrogen) atoms. The summed E-state index contributed by atoms with van der Waals surface area (Å²) in [5.74, 6) is -0.364. The van der Waals surface area contributed by atoms with Gasteiger partial charge in [-0.1, -0.05) is 29.8 Å². The molecule has 0 aliphatic heterocycles. The Morgan fingerprint density at radius 1 is 1.47 bits per heavy atom. The fourth-order valence-electron chi connectivity index (χ4n) is 1.04. The van der Waals surface area contributed by atoms with E-state index in [9.17, 15) is 4.79 Å². The molecule has 0 unspecified atom stereocenters. The highest BCUT2D eigenvalue weighted by Gasteiger charge is 1.98. The van der Waals surface area contributed by atoms with Gasteiger partial charge in [0.25, 0.3) is 0 Å². The van der Waals surface area contributed by atoms with Gasteiger partial charge < -0.3 is 10.5 Å². The minimum absolute atomic E-state index is 0.364. The highest BCUT2D eigenvalue weighted by molar-refractivity contribution is 9.10. The number of ether oxygens (including phenoxy) is 1. The first kappa shape index (κ1) is 15.7. The predicted molar refractivity (Wildman–Crippen MR) is 75.6 cm³/mol. The molecule has 0 atom stereocenters. The molecule has 1 aromatic rings. The maximum atomic E-state index is 11.1. The Hall–Kier alpha value is -1.29. The van der Waals surface area contributed by atoms with E-state index in [1.54, 1.807) is 19.1 Å². The molecular formula is C13H18BrNO2. The van der Waals surface area contributed by atoms with Crippen LogP contribution in [0, 0.1) is 0 Å². The SMILES string of the molecule is CC.CCOC(=O)/C=C/c1cc(Br)ccc1N. The number of anilines is 1. The Morgan fingerprint density at radius 2 is 2.12 bits per heavy atom. The van der Waals surface area contributed by atoms with E-state index in [4.69, 9.17) is 10.5 Å². The van der Waals surface area contributed by atoms with Crippen LogP contribution in [0.2, 0.25) is 0 Å². The topological polar surface area (TPSA) is 52.3 Å². The van der Waals surface area contributed by atoms with Crippen molar-refractivity contribution >= 4 is 33.7 Å². The van der Waals surface area contributed by atoms with Crippen molar-refractivity contribution in [2.45, 2.75) is 20.8 Å². The molecule has 0 bridgehead atoms. The first-order chi connectivity index (χ1) is 8.13. The summed E-state index contributed by atoms with van der Waals surface area (Å²) < 4.78 is 5.67. The third-order valence-corrected chi connectivity index (χ3v) is 2.23. The highest BCUT2D eigenvalue weighted by Crippen LogP contribution is 2.19. The maximum absolute atomic E-state index is 11.1. The van der Waals surface area contributed by atoms with Gasteiger partial charge in [-0.3, -0.25) is 0 Å². The predicted octanol–water partition coefficient (Wildman–Crippen LogP) is 3.63. The van der Waals surface area contributed by atoms with Gasteiger partial charge in [-0.05, 0) is 36.8 Å². The molecule has 0 saturated heterocycles. The smallest absolute Gasteiger partial charge is 0.330 e. The monoisotopic (exact) mass is 299 g/mol. The van der Waals surface area contributed by atoms with Crippen molar-refractivity contribution in [1.29, 1.82) is 0 Å². The van der Waals surface area contributed by atoms with Crippen LogP contribution in [0.25, 0.3) is 6.08 Å². The van der Waals surface area contributed by atoms with Crippen molar-refractivity contribution in [3.8, 4) is 0 Å². The summed E-state index contributed by atoms with van der Waals surface area (Å²) in [6.45, 7) is 6.14. The summed E-state index contributed by atoms with van der Waals surface area (Å²) in [5.41, 5.74) is 7.14. The maximum Gasteiger partial charge on any atom is 0.330 e.